The zero-order valence-corrected chi connectivity index (χ0v) is 6.49. The Morgan fingerprint density at radius 3 is 2.36 bits per heavy atom. The van der Waals surface area contributed by atoms with Gasteiger partial charge in [0.25, 0.3) is 0 Å². The molecule has 0 saturated heterocycles. The minimum absolute atomic E-state index is 0.506. The number of carbonyl (C=O) groups excluding carboxylic acids is 1. The summed E-state index contributed by atoms with van der Waals surface area (Å²) in [5.41, 5.74) is 0. The summed E-state index contributed by atoms with van der Waals surface area (Å²) >= 11 is 0. The molecule has 0 aliphatic heterocycles. The molecule has 0 aromatic rings. The van der Waals surface area contributed by atoms with Gasteiger partial charge in [-0.1, -0.05) is 12.2 Å². The topological polar surface area (TPSA) is 17.1 Å². The Bertz CT molecular complexity index is 209. The number of fused-ring (bicyclic) bond motifs is 2. The molecule has 58 valence electrons. The van der Waals surface area contributed by atoms with Crippen molar-refractivity contribution in [3.8, 4) is 0 Å². The molecule has 11 heavy (non-hydrogen) atoms. The molecule has 2 bridgehead atoms. The van der Waals surface area contributed by atoms with Gasteiger partial charge in [-0.25, -0.2) is 4.79 Å². The minimum atomic E-state index is 0.506. The van der Waals surface area contributed by atoms with Crippen LogP contribution in [0, 0.1) is 17.8 Å². The highest BCUT2D eigenvalue weighted by Gasteiger charge is 2.28. The lowest BCUT2D eigenvalue weighted by atomic mass is 9.80. The number of hydrogen-bond donors (Lipinski definition) is 0. The van der Waals surface area contributed by atoms with Crippen LogP contribution >= 0.6 is 0 Å². The van der Waals surface area contributed by atoms with E-state index in [4.69, 9.17) is 0 Å². The molecule has 0 N–H and O–H groups in total. The second kappa shape index (κ2) is 2.67. The normalized spacial score (nSPS) is 40.2. The molecule has 2 rings (SSSR count). The van der Waals surface area contributed by atoms with Gasteiger partial charge in [0.2, 0.25) is 0 Å². The van der Waals surface area contributed by atoms with Crippen LogP contribution in [0.3, 0.4) is 0 Å². The Labute approximate surface area is 66.8 Å². The van der Waals surface area contributed by atoms with Gasteiger partial charge in [0.15, 0.2) is 0 Å². The Balaban J connectivity index is 2.06. The summed E-state index contributed by atoms with van der Waals surface area (Å²) in [5.74, 6) is 3.92. The Kier molecular flexibility index (Phi) is 1.67. The molecule has 2 aliphatic rings. The zero-order valence-electron chi connectivity index (χ0n) is 6.49. The molecular weight excluding hydrogens is 136 g/mol. The second-order valence-corrected chi connectivity index (χ2v) is 3.66. The van der Waals surface area contributed by atoms with E-state index >= 15 is 0 Å². The van der Waals surface area contributed by atoms with Crippen molar-refractivity contribution >= 4 is 5.94 Å². The van der Waals surface area contributed by atoms with Crippen LogP contribution in [0.2, 0.25) is 0 Å². The van der Waals surface area contributed by atoms with Crippen LogP contribution < -0.4 is 0 Å². The van der Waals surface area contributed by atoms with Crippen molar-refractivity contribution in [1.82, 2.24) is 0 Å². The van der Waals surface area contributed by atoms with Crippen molar-refractivity contribution in [2.24, 2.45) is 17.8 Å². The van der Waals surface area contributed by atoms with E-state index < -0.39 is 0 Å². The molecule has 1 heteroatoms. The predicted molar refractivity (Wildman–Crippen MR) is 43.7 cm³/mol. The van der Waals surface area contributed by atoms with Crippen LogP contribution in [0.5, 0.6) is 0 Å². The maximum absolute atomic E-state index is 10.1. The molecule has 1 saturated carbocycles. The lowest BCUT2D eigenvalue weighted by Gasteiger charge is -2.24. The molecule has 0 radical (unpaired) electrons. The van der Waals surface area contributed by atoms with Crippen molar-refractivity contribution in [2.45, 2.75) is 19.3 Å². The zero-order chi connectivity index (χ0) is 7.68. The molecule has 3 atom stereocenters. The summed E-state index contributed by atoms with van der Waals surface area (Å²) in [7, 11) is 0. The molecule has 1 fully saturated rings. The van der Waals surface area contributed by atoms with E-state index in [1.54, 1.807) is 6.08 Å². The van der Waals surface area contributed by atoms with Crippen molar-refractivity contribution in [2.75, 3.05) is 0 Å². The number of rotatable bonds is 1. The van der Waals surface area contributed by atoms with Crippen LogP contribution in [-0.4, -0.2) is 5.94 Å². The van der Waals surface area contributed by atoms with Gasteiger partial charge >= 0.3 is 0 Å². The summed E-state index contributed by atoms with van der Waals surface area (Å²) in [6.45, 7) is 0. The van der Waals surface area contributed by atoms with Gasteiger partial charge in [-0.05, 0) is 37.0 Å². The van der Waals surface area contributed by atoms with E-state index in [0.717, 1.165) is 11.8 Å². The van der Waals surface area contributed by atoms with Crippen LogP contribution in [0.4, 0.5) is 0 Å². The molecule has 2 aliphatic carbocycles. The van der Waals surface area contributed by atoms with Gasteiger partial charge in [0.05, 0.1) is 0 Å². The van der Waals surface area contributed by atoms with Crippen LogP contribution in [0.25, 0.3) is 0 Å². The Morgan fingerprint density at radius 1 is 1.18 bits per heavy atom. The molecule has 0 aromatic carbocycles. The fourth-order valence-corrected chi connectivity index (χ4v) is 2.32. The second-order valence-electron chi connectivity index (χ2n) is 3.66. The lowest BCUT2D eigenvalue weighted by molar-refractivity contribution is 0.321. The summed E-state index contributed by atoms with van der Waals surface area (Å²) in [5, 5.41) is 0. The average molecular weight is 148 g/mol. The maximum atomic E-state index is 10.1. The molecular formula is C10H12O. The predicted octanol–water partition coefficient (Wildman–Crippen LogP) is 1.98. The van der Waals surface area contributed by atoms with Crippen molar-refractivity contribution in [1.29, 1.82) is 0 Å². The third-order valence-electron chi connectivity index (χ3n) is 2.78. The summed E-state index contributed by atoms with van der Waals surface area (Å²) in [6, 6.07) is 0. The largest absolute Gasteiger partial charge is 0.234 e. The van der Waals surface area contributed by atoms with E-state index in [2.05, 4.69) is 12.2 Å². The van der Waals surface area contributed by atoms with Crippen LogP contribution in [-0.2, 0) is 4.79 Å². The van der Waals surface area contributed by atoms with E-state index in [-0.39, 0.29) is 0 Å². The highest BCUT2D eigenvalue weighted by molar-refractivity contribution is 5.45. The molecule has 0 amide bonds. The van der Waals surface area contributed by atoms with Crippen molar-refractivity contribution in [3.05, 3.63) is 18.2 Å². The van der Waals surface area contributed by atoms with Crippen molar-refractivity contribution < 1.29 is 4.79 Å². The minimum Gasteiger partial charge on any atom is -0.234 e. The van der Waals surface area contributed by atoms with E-state index in [9.17, 15) is 4.79 Å². The smallest absolute Gasteiger partial charge is 0.120 e. The van der Waals surface area contributed by atoms with Gasteiger partial charge < -0.3 is 0 Å². The van der Waals surface area contributed by atoms with Gasteiger partial charge in [0, 0.05) is 6.08 Å². The number of allylic oxidation sites excluding steroid dienone is 3. The first-order valence-corrected chi connectivity index (χ1v) is 4.28. The molecule has 0 aromatic heterocycles. The Morgan fingerprint density at radius 2 is 1.82 bits per heavy atom. The maximum Gasteiger partial charge on any atom is 0.120 e. The van der Waals surface area contributed by atoms with E-state index in [1.807, 2.05) is 5.94 Å². The highest BCUT2D eigenvalue weighted by atomic mass is 16.1. The van der Waals surface area contributed by atoms with Gasteiger partial charge in [-0.2, -0.15) is 0 Å². The quantitative estimate of drug-likeness (QED) is 0.410. The highest BCUT2D eigenvalue weighted by Crippen LogP contribution is 2.39. The van der Waals surface area contributed by atoms with Crippen LogP contribution in [0.15, 0.2) is 18.2 Å². The summed E-state index contributed by atoms with van der Waals surface area (Å²) < 4.78 is 0. The SMILES string of the molecule is O=C=CC1C[C@H]2C=C[C@@H](C1)C2. The number of hydrogen-bond acceptors (Lipinski definition) is 1. The third kappa shape index (κ3) is 1.29. The summed E-state index contributed by atoms with van der Waals surface area (Å²) in [4.78, 5) is 10.1. The molecule has 1 unspecified atom stereocenters. The monoisotopic (exact) mass is 148 g/mol. The first-order chi connectivity index (χ1) is 5.38. The van der Waals surface area contributed by atoms with Crippen LogP contribution in [0.1, 0.15) is 19.3 Å². The standard InChI is InChI=1S/C10H12O/c11-4-3-10-6-8-1-2-9(5-8)7-10/h1-3,8-10H,5-7H2/t8-,9+,10?. The average Bonchev–Trinajstić information content (AvgIpc) is 2.32. The molecule has 0 heterocycles. The fraction of sp³-hybridized carbons (Fsp3) is 0.600. The third-order valence-corrected chi connectivity index (χ3v) is 2.78. The lowest BCUT2D eigenvalue weighted by Crippen LogP contribution is -2.14. The van der Waals surface area contributed by atoms with Gasteiger partial charge in [-0.3, -0.25) is 0 Å². The summed E-state index contributed by atoms with van der Waals surface area (Å²) in [6.07, 6.45) is 9.98. The van der Waals surface area contributed by atoms with E-state index in [1.165, 1.54) is 19.3 Å². The van der Waals surface area contributed by atoms with Crippen molar-refractivity contribution in [3.63, 3.8) is 0 Å². The van der Waals surface area contributed by atoms with E-state index in [0.29, 0.717) is 5.92 Å². The Hall–Kier alpha value is -0.810. The molecule has 0 spiro atoms. The fourth-order valence-electron chi connectivity index (χ4n) is 2.32. The first kappa shape index (κ1) is 6.87. The van der Waals surface area contributed by atoms with Gasteiger partial charge in [0.1, 0.15) is 5.94 Å². The first-order valence-electron chi connectivity index (χ1n) is 4.28. The molecule has 1 nitrogen and oxygen atoms in total. The van der Waals surface area contributed by atoms with Gasteiger partial charge in [-0.15, -0.1) is 0 Å².